The molecule has 1 amide bonds. The van der Waals surface area contributed by atoms with Gasteiger partial charge in [-0.05, 0) is 30.7 Å². The third-order valence-electron chi connectivity index (χ3n) is 3.97. The first-order valence-electron chi connectivity index (χ1n) is 7.70. The maximum atomic E-state index is 12.7. The third kappa shape index (κ3) is 2.93. The fourth-order valence-corrected chi connectivity index (χ4v) is 2.62. The van der Waals surface area contributed by atoms with E-state index in [0.29, 0.717) is 11.3 Å². The van der Waals surface area contributed by atoms with E-state index in [9.17, 15) is 10.1 Å². The first kappa shape index (κ1) is 16.2. The number of nitrogens with two attached hydrogens (primary N) is 1. The van der Waals surface area contributed by atoms with E-state index < -0.39 is 5.91 Å². The molecule has 0 unspecified atom stereocenters. The second-order valence-corrected chi connectivity index (χ2v) is 5.69. The molecule has 1 aliphatic heterocycles. The predicted molar refractivity (Wildman–Crippen MR) is 97.6 cm³/mol. The Bertz CT molecular complexity index is 947. The van der Waals surface area contributed by atoms with Crippen molar-refractivity contribution in [2.75, 3.05) is 4.90 Å². The molecule has 1 heterocycles. The summed E-state index contributed by atoms with van der Waals surface area (Å²) in [6.45, 7) is 1.94. The standard InChI is InChI=1S/C20H16N4O/c1-13-7-9-15(10-8-13)24-19(23)16(11-14-5-3-2-4-6-14)18(22)17(12-21)20(24)25/h2-11,23H,22H2,1H3/b16-11+,23-19?. The summed E-state index contributed by atoms with van der Waals surface area (Å²) in [5.41, 5.74) is 8.65. The van der Waals surface area contributed by atoms with Crippen LogP contribution >= 0.6 is 0 Å². The number of rotatable bonds is 2. The van der Waals surface area contributed by atoms with Crippen LogP contribution < -0.4 is 10.6 Å². The van der Waals surface area contributed by atoms with Crippen LogP contribution in [0.4, 0.5) is 5.69 Å². The van der Waals surface area contributed by atoms with Crippen LogP contribution in [0.5, 0.6) is 0 Å². The number of hydrogen-bond donors (Lipinski definition) is 2. The molecule has 0 atom stereocenters. The number of carbonyl (C=O) groups excluding carboxylic acids is 1. The fourth-order valence-electron chi connectivity index (χ4n) is 2.62. The van der Waals surface area contributed by atoms with Gasteiger partial charge in [0.2, 0.25) is 0 Å². The van der Waals surface area contributed by atoms with Gasteiger partial charge >= 0.3 is 0 Å². The Balaban J connectivity index is 2.16. The molecule has 5 heteroatoms. The summed E-state index contributed by atoms with van der Waals surface area (Å²) < 4.78 is 0. The number of hydrogen-bond acceptors (Lipinski definition) is 4. The normalized spacial score (nSPS) is 16.3. The molecule has 2 aromatic rings. The van der Waals surface area contributed by atoms with Crippen molar-refractivity contribution < 1.29 is 4.79 Å². The number of amides is 1. The van der Waals surface area contributed by atoms with Crippen molar-refractivity contribution in [3.05, 3.63) is 82.6 Å². The number of nitrogens with one attached hydrogen (secondary N) is 1. The third-order valence-corrected chi connectivity index (χ3v) is 3.97. The molecule has 0 radical (unpaired) electrons. The van der Waals surface area contributed by atoms with Crippen LogP contribution in [-0.2, 0) is 4.79 Å². The monoisotopic (exact) mass is 328 g/mol. The molecular weight excluding hydrogens is 312 g/mol. The predicted octanol–water partition coefficient (Wildman–Crippen LogP) is 3.14. The quantitative estimate of drug-likeness (QED) is 0.886. The molecule has 0 saturated heterocycles. The average molecular weight is 328 g/mol. The van der Waals surface area contributed by atoms with Crippen molar-refractivity contribution in [1.29, 1.82) is 10.7 Å². The molecule has 0 saturated carbocycles. The molecule has 0 bridgehead atoms. The van der Waals surface area contributed by atoms with Crippen molar-refractivity contribution in [2.45, 2.75) is 6.92 Å². The van der Waals surface area contributed by atoms with E-state index in [1.54, 1.807) is 18.2 Å². The molecule has 1 aliphatic rings. The van der Waals surface area contributed by atoms with Crippen molar-refractivity contribution in [2.24, 2.45) is 5.73 Å². The summed E-state index contributed by atoms with van der Waals surface area (Å²) in [6.07, 6.45) is 1.71. The fraction of sp³-hybridized carbons (Fsp3) is 0.0500. The van der Waals surface area contributed by atoms with Gasteiger partial charge in [0.25, 0.3) is 5.91 Å². The zero-order chi connectivity index (χ0) is 18.0. The summed E-state index contributed by atoms with van der Waals surface area (Å²) in [6, 6.07) is 18.4. The van der Waals surface area contributed by atoms with Gasteiger partial charge < -0.3 is 5.73 Å². The SMILES string of the molecule is Cc1ccc(N2C(=N)/C(=C/c3ccccc3)C(N)=C(C#N)C2=O)cc1. The van der Waals surface area contributed by atoms with Gasteiger partial charge in [0, 0.05) is 5.57 Å². The number of carbonyl (C=O) groups is 1. The molecule has 0 spiro atoms. The molecule has 25 heavy (non-hydrogen) atoms. The highest BCUT2D eigenvalue weighted by Crippen LogP contribution is 2.28. The Morgan fingerprint density at radius 3 is 2.36 bits per heavy atom. The van der Waals surface area contributed by atoms with E-state index in [4.69, 9.17) is 11.1 Å². The summed E-state index contributed by atoms with van der Waals surface area (Å²) in [7, 11) is 0. The van der Waals surface area contributed by atoms with Crippen molar-refractivity contribution in [3.8, 4) is 6.07 Å². The lowest BCUT2D eigenvalue weighted by atomic mass is 9.97. The Labute approximate surface area is 145 Å². The topological polar surface area (TPSA) is 94.0 Å². The number of aryl methyl sites for hydroxylation is 1. The van der Waals surface area contributed by atoms with Crippen LogP contribution in [0.3, 0.4) is 0 Å². The van der Waals surface area contributed by atoms with Crippen LogP contribution in [0.1, 0.15) is 11.1 Å². The first-order chi connectivity index (χ1) is 12.0. The van der Waals surface area contributed by atoms with Crippen LogP contribution in [0.2, 0.25) is 0 Å². The molecular formula is C20H16N4O. The summed E-state index contributed by atoms with van der Waals surface area (Å²) in [5, 5.41) is 17.9. The van der Waals surface area contributed by atoms with Gasteiger partial charge in [-0.25, -0.2) is 0 Å². The first-order valence-corrected chi connectivity index (χ1v) is 7.70. The lowest BCUT2D eigenvalue weighted by Crippen LogP contribution is -2.44. The maximum Gasteiger partial charge on any atom is 0.276 e. The molecule has 3 rings (SSSR count). The number of nitriles is 1. The Morgan fingerprint density at radius 2 is 1.76 bits per heavy atom. The van der Waals surface area contributed by atoms with E-state index in [2.05, 4.69) is 0 Å². The Kier molecular flexibility index (Phi) is 4.19. The molecule has 3 N–H and O–H groups in total. The summed E-state index contributed by atoms with van der Waals surface area (Å²) >= 11 is 0. The minimum atomic E-state index is -0.584. The van der Waals surface area contributed by atoms with Gasteiger partial charge in [-0.2, -0.15) is 5.26 Å². The molecule has 0 aliphatic carbocycles. The van der Waals surface area contributed by atoms with Crippen molar-refractivity contribution >= 4 is 23.5 Å². The largest absolute Gasteiger partial charge is 0.397 e. The van der Waals surface area contributed by atoms with Crippen LogP contribution in [0.25, 0.3) is 6.08 Å². The molecule has 2 aromatic carbocycles. The lowest BCUT2D eigenvalue weighted by molar-refractivity contribution is -0.114. The zero-order valence-corrected chi connectivity index (χ0v) is 13.7. The van der Waals surface area contributed by atoms with Gasteiger partial charge in [0.1, 0.15) is 17.5 Å². The zero-order valence-electron chi connectivity index (χ0n) is 13.7. The van der Waals surface area contributed by atoms with E-state index in [1.807, 2.05) is 55.5 Å². The van der Waals surface area contributed by atoms with Crippen LogP contribution in [-0.4, -0.2) is 11.7 Å². The lowest BCUT2D eigenvalue weighted by Gasteiger charge is -2.29. The van der Waals surface area contributed by atoms with Crippen molar-refractivity contribution in [1.82, 2.24) is 0 Å². The molecule has 0 aromatic heterocycles. The van der Waals surface area contributed by atoms with E-state index in [1.165, 1.54) is 4.90 Å². The van der Waals surface area contributed by atoms with Gasteiger partial charge in [-0.3, -0.25) is 15.1 Å². The van der Waals surface area contributed by atoms with E-state index >= 15 is 0 Å². The number of amidine groups is 1. The molecule has 122 valence electrons. The molecule has 5 nitrogen and oxygen atoms in total. The Hall–Kier alpha value is -3.65. The van der Waals surface area contributed by atoms with Crippen LogP contribution in [0, 0.1) is 23.7 Å². The smallest absolute Gasteiger partial charge is 0.276 e. The van der Waals surface area contributed by atoms with Gasteiger partial charge in [0.05, 0.1) is 11.4 Å². The number of benzene rings is 2. The van der Waals surface area contributed by atoms with E-state index in [-0.39, 0.29) is 17.1 Å². The minimum Gasteiger partial charge on any atom is -0.397 e. The number of anilines is 1. The van der Waals surface area contributed by atoms with Crippen molar-refractivity contribution in [3.63, 3.8) is 0 Å². The minimum absolute atomic E-state index is 0.0321. The number of nitrogens with zero attached hydrogens (tertiary/aromatic N) is 2. The summed E-state index contributed by atoms with van der Waals surface area (Å²) in [4.78, 5) is 13.9. The maximum absolute atomic E-state index is 12.7. The molecule has 0 fully saturated rings. The van der Waals surface area contributed by atoms with Crippen LogP contribution in [0.15, 0.2) is 71.4 Å². The average Bonchev–Trinajstić information content (AvgIpc) is 2.62. The highest BCUT2D eigenvalue weighted by Gasteiger charge is 2.34. The van der Waals surface area contributed by atoms with Gasteiger partial charge in [0.15, 0.2) is 0 Å². The van der Waals surface area contributed by atoms with Gasteiger partial charge in [-0.15, -0.1) is 0 Å². The Morgan fingerprint density at radius 1 is 1.12 bits per heavy atom. The highest BCUT2D eigenvalue weighted by molar-refractivity contribution is 6.33. The summed E-state index contributed by atoms with van der Waals surface area (Å²) in [5.74, 6) is -0.631. The second kappa shape index (κ2) is 6.46. The second-order valence-electron chi connectivity index (χ2n) is 5.69. The van der Waals surface area contributed by atoms with Gasteiger partial charge in [-0.1, -0.05) is 48.0 Å². The van der Waals surface area contributed by atoms with E-state index in [0.717, 1.165) is 11.1 Å². The highest BCUT2D eigenvalue weighted by atomic mass is 16.2.